The van der Waals surface area contributed by atoms with E-state index in [-0.39, 0.29) is 0 Å². The lowest BCUT2D eigenvalue weighted by atomic mass is 10.1. The van der Waals surface area contributed by atoms with Gasteiger partial charge in [-0.15, -0.1) is 0 Å². The molecule has 0 aliphatic carbocycles. The molecule has 0 amide bonds. The number of aromatic nitrogens is 2. The Kier molecular flexibility index (Phi) is 3.16. The van der Waals surface area contributed by atoms with E-state index in [0.717, 1.165) is 11.1 Å². The summed E-state index contributed by atoms with van der Waals surface area (Å²) in [5.41, 5.74) is 7.79. The summed E-state index contributed by atoms with van der Waals surface area (Å²) in [4.78, 5) is 4.05. The van der Waals surface area contributed by atoms with Gasteiger partial charge in [-0.05, 0) is 18.1 Å². The fourth-order valence-corrected chi connectivity index (χ4v) is 1.34. The molecule has 0 aliphatic rings. The molecule has 0 saturated carbocycles. The normalized spacial score (nSPS) is 10.4. The monoisotopic (exact) mass is 218 g/mol. The highest BCUT2D eigenvalue weighted by atomic mass is 16.5. The van der Waals surface area contributed by atoms with Crippen LogP contribution in [0.25, 0.3) is 0 Å². The Balaban J connectivity index is 1.94. The first-order valence-corrected chi connectivity index (χ1v) is 5.10. The van der Waals surface area contributed by atoms with Crippen molar-refractivity contribution in [2.75, 3.05) is 5.32 Å². The number of hydrogen-bond donors (Lipinski definition) is 2. The zero-order valence-corrected chi connectivity index (χ0v) is 9.10. The zero-order valence-electron chi connectivity index (χ0n) is 9.10. The number of hydrogen-bond acceptors (Lipinski definition) is 5. The van der Waals surface area contributed by atoms with Gasteiger partial charge in [-0.25, -0.2) is 0 Å². The molecule has 2 aromatic rings. The molecule has 3 N–H and O–H groups in total. The van der Waals surface area contributed by atoms with Gasteiger partial charge in [0.2, 0.25) is 0 Å². The molecule has 0 bridgehead atoms. The van der Waals surface area contributed by atoms with Crippen LogP contribution < -0.4 is 11.1 Å². The first-order valence-electron chi connectivity index (χ1n) is 5.10. The van der Waals surface area contributed by atoms with Crippen LogP contribution in [0.1, 0.15) is 17.0 Å². The van der Waals surface area contributed by atoms with Crippen molar-refractivity contribution in [2.45, 2.75) is 20.0 Å². The average Bonchev–Trinajstić information content (AvgIpc) is 2.73. The van der Waals surface area contributed by atoms with Gasteiger partial charge in [0.05, 0.1) is 0 Å². The molecular formula is C11H14N4O. The number of benzene rings is 1. The van der Waals surface area contributed by atoms with E-state index in [1.165, 1.54) is 0 Å². The maximum atomic E-state index is 5.52. The Morgan fingerprint density at radius 3 is 2.50 bits per heavy atom. The van der Waals surface area contributed by atoms with E-state index in [0.29, 0.717) is 24.9 Å². The second-order valence-electron chi connectivity index (χ2n) is 3.52. The first kappa shape index (κ1) is 10.6. The summed E-state index contributed by atoms with van der Waals surface area (Å²) < 4.78 is 4.94. The van der Waals surface area contributed by atoms with Crippen molar-refractivity contribution in [3.8, 4) is 0 Å². The second kappa shape index (κ2) is 4.76. The fraction of sp³-hybridized carbons (Fsp3) is 0.273. The second-order valence-corrected chi connectivity index (χ2v) is 3.52. The number of nitrogens with two attached hydrogens (primary N) is 1. The van der Waals surface area contributed by atoms with Crippen LogP contribution in [0.3, 0.4) is 0 Å². The largest absolute Gasteiger partial charge is 0.334 e. The number of anilines is 1. The third-order valence-electron chi connectivity index (χ3n) is 2.23. The van der Waals surface area contributed by atoms with Crippen LogP contribution in [-0.2, 0) is 13.1 Å². The summed E-state index contributed by atoms with van der Waals surface area (Å²) in [6, 6.07) is 8.52. The Labute approximate surface area is 93.7 Å². The van der Waals surface area contributed by atoms with E-state index in [2.05, 4.69) is 15.5 Å². The number of nitrogens with one attached hydrogen (secondary N) is 1. The SMILES string of the molecule is Cc1noc(NCc2ccc(CN)cc2)n1. The van der Waals surface area contributed by atoms with Gasteiger partial charge in [-0.3, -0.25) is 0 Å². The van der Waals surface area contributed by atoms with Crippen LogP contribution in [-0.4, -0.2) is 10.1 Å². The van der Waals surface area contributed by atoms with Crippen molar-refractivity contribution in [3.05, 3.63) is 41.2 Å². The Hall–Kier alpha value is -1.88. The Morgan fingerprint density at radius 2 is 1.94 bits per heavy atom. The summed E-state index contributed by atoms with van der Waals surface area (Å²) in [5.74, 6) is 0.626. The lowest BCUT2D eigenvalue weighted by molar-refractivity contribution is 0.425. The highest BCUT2D eigenvalue weighted by Gasteiger charge is 2.01. The summed E-state index contributed by atoms with van der Waals surface area (Å²) in [7, 11) is 0. The highest BCUT2D eigenvalue weighted by Crippen LogP contribution is 2.07. The van der Waals surface area contributed by atoms with Gasteiger partial charge in [-0.2, -0.15) is 4.98 Å². The molecule has 0 unspecified atom stereocenters. The minimum absolute atomic E-state index is 0.445. The third kappa shape index (κ3) is 2.58. The van der Waals surface area contributed by atoms with Crippen LogP contribution in [0.5, 0.6) is 0 Å². The summed E-state index contributed by atoms with van der Waals surface area (Å²) in [6.45, 7) is 3.01. The van der Waals surface area contributed by atoms with Crippen LogP contribution in [0, 0.1) is 6.92 Å². The molecule has 0 aliphatic heterocycles. The van der Waals surface area contributed by atoms with E-state index in [9.17, 15) is 0 Å². The van der Waals surface area contributed by atoms with E-state index in [1.54, 1.807) is 6.92 Å². The summed E-state index contributed by atoms with van der Waals surface area (Å²) in [6.07, 6.45) is 0. The standard InChI is InChI=1S/C11H14N4O/c1-8-14-11(16-15-8)13-7-10-4-2-9(6-12)3-5-10/h2-5H,6-7,12H2,1H3,(H,13,14,15). The molecule has 0 saturated heterocycles. The third-order valence-corrected chi connectivity index (χ3v) is 2.23. The fourth-order valence-electron chi connectivity index (χ4n) is 1.34. The van der Waals surface area contributed by atoms with E-state index >= 15 is 0 Å². The number of rotatable bonds is 4. The van der Waals surface area contributed by atoms with E-state index in [4.69, 9.17) is 10.3 Å². The van der Waals surface area contributed by atoms with Gasteiger partial charge < -0.3 is 15.6 Å². The molecule has 0 fully saturated rings. The van der Waals surface area contributed by atoms with Gasteiger partial charge >= 0.3 is 6.01 Å². The maximum absolute atomic E-state index is 5.52. The number of nitrogens with zero attached hydrogens (tertiary/aromatic N) is 2. The molecule has 0 atom stereocenters. The van der Waals surface area contributed by atoms with Crippen molar-refractivity contribution in [1.82, 2.24) is 10.1 Å². The lowest BCUT2D eigenvalue weighted by Gasteiger charge is -2.02. The quantitative estimate of drug-likeness (QED) is 0.812. The molecular weight excluding hydrogens is 204 g/mol. The Bertz CT molecular complexity index is 449. The minimum atomic E-state index is 0.445. The Morgan fingerprint density at radius 1 is 1.25 bits per heavy atom. The van der Waals surface area contributed by atoms with Crippen LogP contribution >= 0.6 is 0 Å². The smallest absolute Gasteiger partial charge is 0.321 e. The zero-order chi connectivity index (χ0) is 11.4. The maximum Gasteiger partial charge on any atom is 0.321 e. The van der Waals surface area contributed by atoms with Gasteiger partial charge in [0.25, 0.3) is 0 Å². The molecule has 1 heterocycles. The lowest BCUT2D eigenvalue weighted by Crippen LogP contribution is -2.01. The van der Waals surface area contributed by atoms with Crippen molar-refractivity contribution < 1.29 is 4.52 Å². The van der Waals surface area contributed by atoms with Crippen molar-refractivity contribution in [2.24, 2.45) is 5.73 Å². The van der Waals surface area contributed by atoms with E-state index < -0.39 is 0 Å². The minimum Gasteiger partial charge on any atom is -0.334 e. The molecule has 0 spiro atoms. The molecule has 2 rings (SSSR count). The van der Waals surface area contributed by atoms with Crippen molar-refractivity contribution in [3.63, 3.8) is 0 Å². The number of aryl methyl sites for hydroxylation is 1. The summed E-state index contributed by atoms with van der Waals surface area (Å²) >= 11 is 0. The van der Waals surface area contributed by atoms with Crippen molar-refractivity contribution >= 4 is 6.01 Å². The molecule has 5 nitrogen and oxygen atoms in total. The van der Waals surface area contributed by atoms with Crippen molar-refractivity contribution in [1.29, 1.82) is 0 Å². The molecule has 84 valence electrons. The molecule has 0 radical (unpaired) electrons. The van der Waals surface area contributed by atoms with Gasteiger partial charge in [0.15, 0.2) is 5.82 Å². The molecule has 5 heteroatoms. The van der Waals surface area contributed by atoms with Crippen LogP contribution in [0.15, 0.2) is 28.8 Å². The highest BCUT2D eigenvalue weighted by molar-refractivity contribution is 5.27. The summed E-state index contributed by atoms with van der Waals surface area (Å²) in [5, 5.41) is 6.74. The van der Waals surface area contributed by atoms with Crippen LogP contribution in [0.2, 0.25) is 0 Å². The molecule has 16 heavy (non-hydrogen) atoms. The predicted molar refractivity (Wildman–Crippen MR) is 60.7 cm³/mol. The predicted octanol–water partition coefficient (Wildman–Crippen LogP) is 1.45. The van der Waals surface area contributed by atoms with Crippen LogP contribution in [0.4, 0.5) is 6.01 Å². The van der Waals surface area contributed by atoms with E-state index in [1.807, 2.05) is 24.3 Å². The molecule has 1 aromatic heterocycles. The van der Waals surface area contributed by atoms with Gasteiger partial charge in [-0.1, -0.05) is 29.4 Å². The molecule has 1 aromatic carbocycles. The average molecular weight is 218 g/mol. The van der Waals surface area contributed by atoms with Gasteiger partial charge in [0.1, 0.15) is 0 Å². The van der Waals surface area contributed by atoms with Gasteiger partial charge in [0, 0.05) is 13.1 Å². The topological polar surface area (TPSA) is 77.0 Å². The first-order chi connectivity index (χ1) is 7.78.